The average Bonchev–Trinajstić information content (AvgIpc) is 3.06. The SMILES string of the molecule is Cc1ccc(-c2noc(CN(C)C(=O)Cc3ccc(Cl)cc3)n2)cc1. The van der Waals surface area contributed by atoms with Crippen LogP contribution in [0.5, 0.6) is 0 Å². The van der Waals surface area contributed by atoms with Gasteiger partial charge in [0.25, 0.3) is 0 Å². The first-order valence-corrected chi connectivity index (χ1v) is 8.27. The van der Waals surface area contributed by atoms with Gasteiger partial charge in [-0.3, -0.25) is 4.79 Å². The molecule has 0 fully saturated rings. The van der Waals surface area contributed by atoms with Crippen molar-refractivity contribution < 1.29 is 9.32 Å². The van der Waals surface area contributed by atoms with Crippen LogP contribution in [0.25, 0.3) is 11.4 Å². The molecule has 0 radical (unpaired) electrons. The molecule has 0 spiro atoms. The first kappa shape index (κ1) is 17.2. The third-order valence-electron chi connectivity index (χ3n) is 3.84. The fourth-order valence-electron chi connectivity index (χ4n) is 2.34. The van der Waals surface area contributed by atoms with Crippen molar-refractivity contribution in [2.45, 2.75) is 19.9 Å². The van der Waals surface area contributed by atoms with Gasteiger partial charge in [-0.1, -0.05) is 58.7 Å². The fourth-order valence-corrected chi connectivity index (χ4v) is 2.47. The van der Waals surface area contributed by atoms with E-state index in [4.69, 9.17) is 16.1 Å². The van der Waals surface area contributed by atoms with Crippen LogP contribution >= 0.6 is 11.6 Å². The topological polar surface area (TPSA) is 59.2 Å². The molecule has 0 atom stereocenters. The molecular formula is C19H18ClN3O2. The lowest BCUT2D eigenvalue weighted by molar-refractivity contribution is -0.130. The molecule has 1 aromatic heterocycles. The van der Waals surface area contributed by atoms with E-state index in [1.54, 1.807) is 24.1 Å². The van der Waals surface area contributed by atoms with Crippen molar-refractivity contribution in [3.63, 3.8) is 0 Å². The van der Waals surface area contributed by atoms with Crippen LogP contribution < -0.4 is 0 Å². The van der Waals surface area contributed by atoms with Crippen LogP contribution in [0.15, 0.2) is 53.1 Å². The molecule has 0 saturated carbocycles. The normalized spacial score (nSPS) is 10.7. The van der Waals surface area contributed by atoms with Crippen molar-refractivity contribution >= 4 is 17.5 Å². The lowest BCUT2D eigenvalue weighted by atomic mass is 10.1. The molecule has 0 aliphatic carbocycles. The number of carbonyl (C=O) groups is 1. The third-order valence-corrected chi connectivity index (χ3v) is 4.10. The summed E-state index contributed by atoms with van der Waals surface area (Å²) in [5.74, 6) is 0.897. The van der Waals surface area contributed by atoms with Gasteiger partial charge in [0.15, 0.2) is 0 Å². The molecule has 0 bridgehead atoms. The average molecular weight is 356 g/mol. The number of amides is 1. The number of aromatic nitrogens is 2. The van der Waals surface area contributed by atoms with Gasteiger partial charge in [0.05, 0.1) is 13.0 Å². The summed E-state index contributed by atoms with van der Waals surface area (Å²) in [6.07, 6.45) is 0.298. The second kappa shape index (κ2) is 7.49. The van der Waals surface area contributed by atoms with Gasteiger partial charge in [-0.2, -0.15) is 4.98 Å². The van der Waals surface area contributed by atoms with Gasteiger partial charge in [-0.25, -0.2) is 0 Å². The Kier molecular flexibility index (Phi) is 5.14. The quantitative estimate of drug-likeness (QED) is 0.696. The van der Waals surface area contributed by atoms with Gasteiger partial charge >= 0.3 is 0 Å². The Morgan fingerprint density at radius 3 is 2.48 bits per heavy atom. The fraction of sp³-hybridized carbons (Fsp3) is 0.211. The zero-order chi connectivity index (χ0) is 17.8. The van der Waals surface area contributed by atoms with Crippen molar-refractivity contribution in [3.8, 4) is 11.4 Å². The molecule has 0 unspecified atom stereocenters. The maximum Gasteiger partial charge on any atom is 0.246 e. The number of hydrogen-bond donors (Lipinski definition) is 0. The summed E-state index contributed by atoms with van der Waals surface area (Å²) in [5.41, 5.74) is 2.96. The van der Waals surface area contributed by atoms with Gasteiger partial charge in [-0.15, -0.1) is 0 Å². The van der Waals surface area contributed by atoms with E-state index in [-0.39, 0.29) is 12.5 Å². The molecule has 0 saturated heterocycles. The second-order valence-electron chi connectivity index (χ2n) is 5.93. The number of rotatable bonds is 5. The molecule has 0 N–H and O–H groups in total. The van der Waals surface area contributed by atoms with Crippen LogP contribution in [0.3, 0.4) is 0 Å². The molecule has 5 nitrogen and oxygen atoms in total. The summed E-state index contributed by atoms with van der Waals surface area (Å²) in [6, 6.07) is 15.1. The van der Waals surface area contributed by atoms with Crippen molar-refractivity contribution in [3.05, 3.63) is 70.6 Å². The predicted molar refractivity (Wildman–Crippen MR) is 96.1 cm³/mol. The molecule has 25 heavy (non-hydrogen) atoms. The summed E-state index contributed by atoms with van der Waals surface area (Å²) in [7, 11) is 1.72. The first-order valence-electron chi connectivity index (χ1n) is 7.89. The number of carbonyl (C=O) groups excluding carboxylic acids is 1. The molecule has 3 rings (SSSR count). The molecule has 1 amide bonds. The molecule has 1 heterocycles. The van der Waals surface area contributed by atoms with E-state index < -0.39 is 0 Å². The predicted octanol–water partition coefficient (Wildman–Crippen LogP) is 3.90. The van der Waals surface area contributed by atoms with Crippen LogP contribution in [-0.4, -0.2) is 28.0 Å². The van der Waals surface area contributed by atoms with Crippen molar-refractivity contribution in [2.75, 3.05) is 7.05 Å². The minimum absolute atomic E-state index is 0.0302. The Morgan fingerprint density at radius 2 is 1.80 bits per heavy atom. The molecule has 0 aliphatic rings. The van der Waals surface area contributed by atoms with E-state index in [1.165, 1.54) is 5.56 Å². The number of benzene rings is 2. The number of likely N-dealkylation sites (N-methyl/N-ethyl adjacent to an activating group) is 1. The van der Waals surface area contributed by atoms with Crippen molar-refractivity contribution in [1.29, 1.82) is 0 Å². The Labute approximate surface area is 151 Å². The van der Waals surface area contributed by atoms with Crippen LogP contribution in [0, 0.1) is 6.92 Å². The Bertz CT molecular complexity index is 857. The van der Waals surface area contributed by atoms with E-state index in [2.05, 4.69) is 10.1 Å². The van der Waals surface area contributed by atoms with Gasteiger partial charge in [0.1, 0.15) is 0 Å². The third kappa shape index (κ3) is 4.45. The standard InChI is InChI=1S/C19H18ClN3O2/c1-13-3-7-15(8-4-13)19-21-17(25-22-19)12-23(2)18(24)11-14-5-9-16(20)10-6-14/h3-10H,11-12H2,1-2H3. The Hall–Kier alpha value is -2.66. The monoisotopic (exact) mass is 355 g/mol. The molecule has 128 valence electrons. The van der Waals surface area contributed by atoms with Crippen LogP contribution in [0.2, 0.25) is 5.02 Å². The maximum atomic E-state index is 12.3. The smallest absolute Gasteiger partial charge is 0.246 e. The van der Waals surface area contributed by atoms with Gasteiger partial charge in [-0.05, 0) is 24.6 Å². The van der Waals surface area contributed by atoms with Crippen LogP contribution in [0.4, 0.5) is 0 Å². The van der Waals surface area contributed by atoms with E-state index in [9.17, 15) is 4.79 Å². The summed E-state index contributed by atoms with van der Waals surface area (Å²) >= 11 is 5.86. The minimum atomic E-state index is -0.0302. The highest BCUT2D eigenvalue weighted by atomic mass is 35.5. The lowest BCUT2D eigenvalue weighted by Crippen LogP contribution is -2.27. The zero-order valence-corrected chi connectivity index (χ0v) is 14.8. The zero-order valence-electron chi connectivity index (χ0n) is 14.1. The minimum Gasteiger partial charge on any atom is -0.337 e. The first-order chi connectivity index (χ1) is 12.0. The molecule has 6 heteroatoms. The largest absolute Gasteiger partial charge is 0.337 e. The van der Waals surface area contributed by atoms with Gasteiger partial charge in [0.2, 0.25) is 17.6 Å². The van der Waals surface area contributed by atoms with Gasteiger partial charge < -0.3 is 9.42 Å². The Morgan fingerprint density at radius 1 is 1.12 bits per heavy atom. The van der Waals surface area contributed by atoms with E-state index in [0.29, 0.717) is 23.2 Å². The maximum absolute atomic E-state index is 12.3. The van der Waals surface area contributed by atoms with Crippen LogP contribution in [-0.2, 0) is 17.8 Å². The molecule has 3 aromatic rings. The summed E-state index contributed by atoms with van der Waals surface area (Å²) in [4.78, 5) is 18.3. The van der Waals surface area contributed by atoms with E-state index in [1.807, 2.05) is 43.3 Å². The van der Waals surface area contributed by atoms with Crippen molar-refractivity contribution in [1.82, 2.24) is 15.0 Å². The Balaban J connectivity index is 1.62. The van der Waals surface area contributed by atoms with Gasteiger partial charge in [0, 0.05) is 17.6 Å². The van der Waals surface area contributed by atoms with Crippen molar-refractivity contribution in [2.24, 2.45) is 0 Å². The number of nitrogens with zero attached hydrogens (tertiary/aromatic N) is 3. The van der Waals surface area contributed by atoms with E-state index in [0.717, 1.165) is 11.1 Å². The highest BCUT2D eigenvalue weighted by molar-refractivity contribution is 6.30. The van der Waals surface area contributed by atoms with Crippen LogP contribution in [0.1, 0.15) is 17.0 Å². The molecular weight excluding hydrogens is 338 g/mol. The number of hydrogen-bond acceptors (Lipinski definition) is 4. The number of aryl methyl sites for hydroxylation is 1. The lowest BCUT2D eigenvalue weighted by Gasteiger charge is -2.14. The molecule has 0 aliphatic heterocycles. The highest BCUT2D eigenvalue weighted by Crippen LogP contribution is 2.17. The van der Waals surface area contributed by atoms with E-state index >= 15 is 0 Å². The summed E-state index contributed by atoms with van der Waals surface area (Å²) in [6.45, 7) is 2.29. The summed E-state index contributed by atoms with van der Waals surface area (Å²) in [5, 5.41) is 4.64. The molecule has 2 aromatic carbocycles. The second-order valence-corrected chi connectivity index (χ2v) is 6.37. The highest BCUT2D eigenvalue weighted by Gasteiger charge is 2.15. The summed E-state index contributed by atoms with van der Waals surface area (Å²) < 4.78 is 5.26. The number of halogens is 1.